The molecule has 1 aromatic heterocycles. The third-order valence-electron chi connectivity index (χ3n) is 2.39. The van der Waals surface area contributed by atoms with Gasteiger partial charge in [-0.15, -0.1) is 0 Å². The molecule has 1 unspecified atom stereocenters. The maximum atomic E-state index is 5.51. The molecule has 1 atom stereocenters. The first-order valence-corrected chi connectivity index (χ1v) is 5.38. The number of aromatic nitrogens is 2. The average molecular weight is 208 g/mol. The van der Waals surface area contributed by atoms with Crippen LogP contribution in [0.1, 0.15) is 44.1 Å². The minimum atomic E-state index is 0.112. The van der Waals surface area contributed by atoms with Gasteiger partial charge in [0.2, 0.25) is 0 Å². The molecule has 0 aliphatic rings. The number of hydrogen-bond acceptors (Lipinski definition) is 4. The fourth-order valence-electron chi connectivity index (χ4n) is 1.40. The summed E-state index contributed by atoms with van der Waals surface area (Å²) in [5.41, 5.74) is 4.64. The molecule has 0 aromatic carbocycles. The van der Waals surface area contributed by atoms with Crippen LogP contribution in [0, 0.1) is 12.8 Å². The lowest BCUT2D eigenvalue weighted by Gasteiger charge is -2.16. The Labute approximate surface area is 91.3 Å². The molecule has 1 aromatic rings. The first-order chi connectivity index (χ1) is 7.13. The van der Waals surface area contributed by atoms with Gasteiger partial charge >= 0.3 is 0 Å². The van der Waals surface area contributed by atoms with Crippen LogP contribution < -0.4 is 11.3 Å². The fourth-order valence-corrected chi connectivity index (χ4v) is 1.40. The molecule has 0 aliphatic heterocycles. The van der Waals surface area contributed by atoms with E-state index in [9.17, 15) is 0 Å². The van der Waals surface area contributed by atoms with Crippen LogP contribution in [0.3, 0.4) is 0 Å². The summed E-state index contributed by atoms with van der Waals surface area (Å²) in [6, 6.07) is 0.112. The number of nitrogens with zero attached hydrogens (tertiary/aromatic N) is 2. The normalized spacial score (nSPS) is 13.1. The van der Waals surface area contributed by atoms with Gasteiger partial charge in [0.05, 0.1) is 23.6 Å². The highest BCUT2D eigenvalue weighted by Gasteiger charge is 2.11. The predicted octanol–water partition coefficient (Wildman–Crippen LogP) is 1.73. The lowest BCUT2D eigenvalue weighted by molar-refractivity contribution is 0.440. The van der Waals surface area contributed by atoms with Crippen molar-refractivity contribution < 1.29 is 0 Å². The molecule has 0 amide bonds. The third-order valence-corrected chi connectivity index (χ3v) is 2.39. The summed E-state index contributed by atoms with van der Waals surface area (Å²) in [7, 11) is 0. The zero-order valence-electron chi connectivity index (χ0n) is 9.70. The number of nitrogens with two attached hydrogens (primary N) is 1. The summed E-state index contributed by atoms with van der Waals surface area (Å²) in [5, 5.41) is 0. The van der Waals surface area contributed by atoms with Gasteiger partial charge in [-0.1, -0.05) is 13.8 Å². The molecule has 4 nitrogen and oxygen atoms in total. The summed E-state index contributed by atoms with van der Waals surface area (Å²) in [4.78, 5) is 8.54. The lowest BCUT2D eigenvalue weighted by atomic mass is 10.0. The number of hydrogen-bond donors (Lipinski definition) is 2. The van der Waals surface area contributed by atoms with E-state index in [2.05, 4.69) is 29.2 Å². The molecule has 4 heteroatoms. The van der Waals surface area contributed by atoms with Gasteiger partial charge < -0.3 is 0 Å². The van der Waals surface area contributed by atoms with Crippen LogP contribution in [-0.4, -0.2) is 9.97 Å². The smallest absolute Gasteiger partial charge is 0.0769 e. The van der Waals surface area contributed by atoms with Crippen molar-refractivity contribution >= 4 is 0 Å². The Hall–Kier alpha value is -1.00. The van der Waals surface area contributed by atoms with E-state index in [1.54, 1.807) is 12.4 Å². The molecule has 0 bridgehead atoms. The van der Waals surface area contributed by atoms with E-state index in [1.807, 2.05) is 6.92 Å². The van der Waals surface area contributed by atoms with Crippen molar-refractivity contribution in [2.45, 2.75) is 39.7 Å². The number of nitrogens with one attached hydrogen (secondary N) is 1. The molecule has 84 valence electrons. The Morgan fingerprint density at radius 2 is 2.00 bits per heavy atom. The third kappa shape index (κ3) is 3.93. The number of hydrazine groups is 1. The molecular weight excluding hydrogens is 188 g/mol. The predicted molar refractivity (Wildman–Crippen MR) is 60.9 cm³/mol. The lowest BCUT2D eigenvalue weighted by Crippen LogP contribution is -2.29. The second kappa shape index (κ2) is 5.78. The molecular formula is C11H20N4. The van der Waals surface area contributed by atoms with E-state index in [1.165, 1.54) is 0 Å². The molecule has 0 radical (unpaired) electrons. The van der Waals surface area contributed by atoms with E-state index in [0.29, 0.717) is 5.92 Å². The van der Waals surface area contributed by atoms with E-state index in [0.717, 1.165) is 24.2 Å². The standard InChI is InChI=1S/C11H20N4/c1-8(2)4-5-10(15-12)11-7-13-9(3)6-14-11/h6-8,10,15H,4-5,12H2,1-3H3. The molecule has 0 saturated carbocycles. The van der Waals surface area contributed by atoms with Gasteiger partial charge in [0.25, 0.3) is 0 Å². The zero-order valence-corrected chi connectivity index (χ0v) is 9.70. The van der Waals surface area contributed by atoms with Gasteiger partial charge in [-0.05, 0) is 25.7 Å². The van der Waals surface area contributed by atoms with Crippen molar-refractivity contribution in [1.29, 1.82) is 0 Å². The van der Waals surface area contributed by atoms with Crippen molar-refractivity contribution in [3.8, 4) is 0 Å². The van der Waals surface area contributed by atoms with Crippen molar-refractivity contribution in [3.63, 3.8) is 0 Å². The fraction of sp³-hybridized carbons (Fsp3) is 0.636. The largest absolute Gasteiger partial charge is 0.271 e. The summed E-state index contributed by atoms with van der Waals surface area (Å²) in [6.45, 7) is 6.33. The van der Waals surface area contributed by atoms with Crippen molar-refractivity contribution in [1.82, 2.24) is 15.4 Å². The van der Waals surface area contributed by atoms with Crippen molar-refractivity contribution in [2.24, 2.45) is 11.8 Å². The summed E-state index contributed by atoms with van der Waals surface area (Å²) in [5.74, 6) is 6.19. The van der Waals surface area contributed by atoms with Gasteiger partial charge in [-0.3, -0.25) is 21.2 Å². The molecule has 0 saturated heterocycles. The molecule has 0 spiro atoms. The van der Waals surface area contributed by atoms with E-state index in [-0.39, 0.29) is 6.04 Å². The minimum Gasteiger partial charge on any atom is -0.271 e. The Bertz CT molecular complexity index is 281. The van der Waals surface area contributed by atoms with Gasteiger partial charge in [-0.2, -0.15) is 0 Å². The molecule has 1 rings (SSSR count). The van der Waals surface area contributed by atoms with Crippen LogP contribution >= 0.6 is 0 Å². The number of rotatable bonds is 5. The summed E-state index contributed by atoms with van der Waals surface area (Å²) < 4.78 is 0. The van der Waals surface area contributed by atoms with Crippen LogP contribution in [0.5, 0.6) is 0 Å². The molecule has 15 heavy (non-hydrogen) atoms. The quantitative estimate of drug-likeness (QED) is 0.571. The van der Waals surface area contributed by atoms with Crippen molar-refractivity contribution in [3.05, 3.63) is 23.8 Å². The zero-order chi connectivity index (χ0) is 11.3. The van der Waals surface area contributed by atoms with Crippen LogP contribution in [0.2, 0.25) is 0 Å². The minimum absolute atomic E-state index is 0.112. The van der Waals surface area contributed by atoms with Crippen LogP contribution in [0.4, 0.5) is 0 Å². The van der Waals surface area contributed by atoms with Gasteiger partial charge in [-0.25, -0.2) is 0 Å². The second-order valence-electron chi connectivity index (χ2n) is 4.27. The van der Waals surface area contributed by atoms with Crippen LogP contribution in [-0.2, 0) is 0 Å². The average Bonchev–Trinajstić information content (AvgIpc) is 2.21. The molecule has 1 heterocycles. The van der Waals surface area contributed by atoms with Gasteiger partial charge in [0.15, 0.2) is 0 Å². The molecule has 3 N–H and O–H groups in total. The van der Waals surface area contributed by atoms with Crippen molar-refractivity contribution in [2.75, 3.05) is 0 Å². The maximum absolute atomic E-state index is 5.51. The second-order valence-corrected chi connectivity index (χ2v) is 4.27. The Morgan fingerprint density at radius 3 is 2.47 bits per heavy atom. The highest BCUT2D eigenvalue weighted by atomic mass is 15.2. The van der Waals surface area contributed by atoms with E-state index in [4.69, 9.17) is 5.84 Å². The van der Waals surface area contributed by atoms with E-state index >= 15 is 0 Å². The van der Waals surface area contributed by atoms with Gasteiger partial charge in [0, 0.05) is 6.20 Å². The van der Waals surface area contributed by atoms with Crippen LogP contribution in [0.25, 0.3) is 0 Å². The Morgan fingerprint density at radius 1 is 1.27 bits per heavy atom. The van der Waals surface area contributed by atoms with Crippen LogP contribution in [0.15, 0.2) is 12.4 Å². The first-order valence-electron chi connectivity index (χ1n) is 5.38. The van der Waals surface area contributed by atoms with E-state index < -0.39 is 0 Å². The first kappa shape index (κ1) is 12.1. The van der Waals surface area contributed by atoms with Gasteiger partial charge in [0.1, 0.15) is 0 Å². The maximum Gasteiger partial charge on any atom is 0.0769 e. The topological polar surface area (TPSA) is 63.8 Å². The summed E-state index contributed by atoms with van der Waals surface area (Å²) in [6.07, 6.45) is 5.69. The SMILES string of the molecule is Cc1cnc(C(CCC(C)C)NN)cn1. The summed E-state index contributed by atoms with van der Waals surface area (Å²) >= 11 is 0. The molecule has 0 aliphatic carbocycles. The highest BCUT2D eigenvalue weighted by Crippen LogP contribution is 2.17. The molecule has 0 fully saturated rings. The monoisotopic (exact) mass is 208 g/mol. The Kier molecular flexibility index (Phi) is 4.65. The highest BCUT2D eigenvalue weighted by molar-refractivity contribution is 5.05. The Balaban J connectivity index is 2.61. The number of aryl methyl sites for hydroxylation is 1.